The number of fused-ring (bicyclic) bond motifs is 1. The third kappa shape index (κ3) is 2.96. The van der Waals surface area contributed by atoms with Gasteiger partial charge in [0, 0.05) is 42.8 Å². The van der Waals surface area contributed by atoms with Crippen LogP contribution in [0.25, 0.3) is 10.9 Å². The van der Waals surface area contributed by atoms with E-state index in [1.165, 1.54) is 6.20 Å². The molecule has 2 heterocycles. The molecule has 1 aliphatic carbocycles. The first-order valence-electron chi connectivity index (χ1n) is 9.50. The molecule has 4 rings (SSSR count). The quantitative estimate of drug-likeness (QED) is 0.716. The minimum absolute atomic E-state index is 0.189. The molecule has 0 spiro atoms. The first-order valence-corrected chi connectivity index (χ1v) is 9.50. The number of piperazine rings is 1. The number of anilines is 2. The van der Waals surface area contributed by atoms with E-state index < -0.39 is 11.4 Å². The predicted octanol–water partition coefficient (Wildman–Crippen LogP) is 2.11. The summed E-state index contributed by atoms with van der Waals surface area (Å²) in [6.45, 7) is 7.96. The van der Waals surface area contributed by atoms with Gasteiger partial charge < -0.3 is 25.6 Å². The number of aryl methyl sites for hydroxylation is 1. The zero-order valence-electron chi connectivity index (χ0n) is 16.0. The van der Waals surface area contributed by atoms with Gasteiger partial charge >= 0.3 is 5.97 Å². The zero-order valence-corrected chi connectivity index (χ0v) is 16.0. The standard InChI is InChI=1S/C20H26N4O3/c1-10-7-23(8-11(2)22-10)18-12(3)17-14(6-16(18)21)19(25)15(20(26)27)9-24(17)13-4-5-13/h6,9-11,13,22H,4-5,7-8,21H2,1-3H3,(H,26,27)/t10-,11+. The molecule has 1 saturated heterocycles. The minimum atomic E-state index is -1.19. The van der Waals surface area contributed by atoms with E-state index in [4.69, 9.17) is 5.73 Å². The number of hydrogen-bond donors (Lipinski definition) is 3. The molecular formula is C20H26N4O3. The molecule has 1 saturated carbocycles. The monoisotopic (exact) mass is 370 g/mol. The fourth-order valence-corrected chi connectivity index (χ4v) is 4.46. The largest absolute Gasteiger partial charge is 0.477 e. The Balaban J connectivity index is 1.98. The van der Waals surface area contributed by atoms with E-state index in [0.29, 0.717) is 23.2 Å². The van der Waals surface area contributed by atoms with Crippen LogP contribution < -0.4 is 21.4 Å². The second-order valence-electron chi connectivity index (χ2n) is 8.02. The van der Waals surface area contributed by atoms with Gasteiger partial charge in [0.05, 0.1) is 16.9 Å². The maximum absolute atomic E-state index is 12.8. The summed E-state index contributed by atoms with van der Waals surface area (Å²) in [5, 5.41) is 13.4. The molecule has 0 unspecified atom stereocenters. The first kappa shape index (κ1) is 17.9. The molecule has 2 atom stereocenters. The van der Waals surface area contributed by atoms with E-state index in [1.54, 1.807) is 6.07 Å². The van der Waals surface area contributed by atoms with Crippen molar-refractivity contribution in [2.45, 2.75) is 51.7 Å². The summed E-state index contributed by atoms with van der Waals surface area (Å²) >= 11 is 0. The molecule has 144 valence electrons. The molecule has 2 fully saturated rings. The van der Waals surface area contributed by atoms with Crippen molar-refractivity contribution < 1.29 is 9.90 Å². The Labute approximate surface area is 157 Å². The summed E-state index contributed by atoms with van der Waals surface area (Å²) in [7, 11) is 0. The van der Waals surface area contributed by atoms with Gasteiger partial charge in [-0.1, -0.05) is 0 Å². The van der Waals surface area contributed by atoms with Crippen LogP contribution in [0.4, 0.5) is 11.4 Å². The smallest absolute Gasteiger partial charge is 0.341 e. The van der Waals surface area contributed by atoms with Crippen molar-refractivity contribution in [1.82, 2.24) is 9.88 Å². The number of rotatable bonds is 3. The molecule has 0 amide bonds. The first-order chi connectivity index (χ1) is 12.8. The zero-order chi connectivity index (χ0) is 19.5. The van der Waals surface area contributed by atoms with Gasteiger partial charge in [0.2, 0.25) is 5.43 Å². The number of nitrogens with one attached hydrogen (secondary N) is 1. The Hall–Kier alpha value is -2.54. The van der Waals surface area contributed by atoms with Crippen LogP contribution in [0.3, 0.4) is 0 Å². The topological polar surface area (TPSA) is 101 Å². The van der Waals surface area contributed by atoms with Gasteiger partial charge in [-0.3, -0.25) is 4.79 Å². The highest BCUT2D eigenvalue weighted by Gasteiger charge is 2.30. The van der Waals surface area contributed by atoms with Gasteiger partial charge in [0.1, 0.15) is 5.56 Å². The van der Waals surface area contributed by atoms with Crippen molar-refractivity contribution in [3.63, 3.8) is 0 Å². The molecule has 1 aromatic heterocycles. The number of nitrogens with zero attached hydrogens (tertiary/aromatic N) is 2. The van der Waals surface area contributed by atoms with Crippen molar-refractivity contribution in [3.05, 3.63) is 33.6 Å². The number of carbonyl (C=O) groups is 1. The third-order valence-electron chi connectivity index (χ3n) is 5.60. The summed E-state index contributed by atoms with van der Waals surface area (Å²) in [4.78, 5) is 26.6. The fraction of sp³-hybridized carbons (Fsp3) is 0.500. The van der Waals surface area contributed by atoms with Crippen LogP contribution in [-0.2, 0) is 0 Å². The van der Waals surface area contributed by atoms with E-state index >= 15 is 0 Å². The van der Waals surface area contributed by atoms with Crippen LogP contribution in [0.2, 0.25) is 0 Å². The number of nitrogens with two attached hydrogens (primary N) is 1. The number of carboxylic acid groups (broad SMARTS) is 1. The second kappa shape index (κ2) is 6.27. The highest BCUT2D eigenvalue weighted by atomic mass is 16.4. The van der Waals surface area contributed by atoms with Crippen LogP contribution >= 0.6 is 0 Å². The summed E-state index contributed by atoms with van der Waals surface area (Å²) in [6.07, 6.45) is 3.51. The lowest BCUT2D eigenvalue weighted by Crippen LogP contribution is -2.54. The van der Waals surface area contributed by atoms with Crippen molar-refractivity contribution in [2.75, 3.05) is 23.7 Å². The number of aromatic carboxylic acids is 1. The number of hydrogen-bond acceptors (Lipinski definition) is 5. The normalized spacial score (nSPS) is 23.0. The van der Waals surface area contributed by atoms with E-state index in [-0.39, 0.29) is 11.6 Å². The van der Waals surface area contributed by atoms with Crippen LogP contribution in [0.5, 0.6) is 0 Å². The number of nitrogen functional groups attached to an aromatic ring is 1. The summed E-state index contributed by atoms with van der Waals surface area (Å²) in [6, 6.07) is 2.59. The van der Waals surface area contributed by atoms with Gasteiger partial charge in [-0.25, -0.2) is 4.79 Å². The molecule has 7 nitrogen and oxygen atoms in total. The van der Waals surface area contributed by atoms with Gasteiger partial charge in [0.25, 0.3) is 0 Å². The van der Waals surface area contributed by atoms with Crippen molar-refractivity contribution in [1.29, 1.82) is 0 Å². The predicted molar refractivity (Wildman–Crippen MR) is 107 cm³/mol. The van der Waals surface area contributed by atoms with Gasteiger partial charge in [0.15, 0.2) is 0 Å². The highest BCUT2D eigenvalue weighted by molar-refractivity contribution is 5.98. The highest BCUT2D eigenvalue weighted by Crippen LogP contribution is 2.41. The van der Waals surface area contributed by atoms with Crippen LogP contribution in [0.15, 0.2) is 17.1 Å². The van der Waals surface area contributed by atoms with Crippen LogP contribution in [0.1, 0.15) is 48.7 Å². The molecule has 27 heavy (non-hydrogen) atoms. The summed E-state index contributed by atoms with van der Waals surface area (Å²) in [5.74, 6) is -1.19. The maximum atomic E-state index is 12.8. The third-order valence-corrected chi connectivity index (χ3v) is 5.60. The molecule has 2 aromatic rings. The molecule has 7 heteroatoms. The van der Waals surface area contributed by atoms with Crippen molar-refractivity contribution in [3.8, 4) is 0 Å². The SMILES string of the molecule is Cc1c(N2C[C@@H](C)N[C@@H](C)C2)c(N)cc2c(=O)c(C(=O)O)cn(C3CC3)c12. The average molecular weight is 370 g/mol. The molecule has 2 aliphatic rings. The number of aromatic nitrogens is 1. The van der Waals surface area contributed by atoms with E-state index in [9.17, 15) is 14.7 Å². The lowest BCUT2D eigenvalue weighted by Gasteiger charge is -2.39. The Kier molecular flexibility index (Phi) is 4.14. The summed E-state index contributed by atoms with van der Waals surface area (Å²) in [5.41, 5.74) is 8.99. The lowest BCUT2D eigenvalue weighted by molar-refractivity contribution is 0.0695. The average Bonchev–Trinajstić information content (AvgIpc) is 3.39. The van der Waals surface area contributed by atoms with E-state index in [2.05, 4.69) is 24.1 Å². The molecule has 4 N–H and O–H groups in total. The van der Waals surface area contributed by atoms with Crippen molar-refractivity contribution in [2.24, 2.45) is 0 Å². The second-order valence-corrected chi connectivity index (χ2v) is 8.02. The van der Waals surface area contributed by atoms with Gasteiger partial charge in [-0.15, -0.1) is 0 Å². The molecule has 0 radical (unpaired) electrons. The molecular weight excluding hydrogens is 344 g/mol. The Morgan fingerprint density at radius 3 is 2.44 bits per heavy atom. The molecule has 1 aromatic carbocycles. The lowest BCUT2D eigenvalue weighted by atomic mass is 10.0. The van der Waals surface area contributed by atoms with E-state index in [0.717, 1.165) is 42.7 Å². The molecule has 0 bridgehead atoms. The summed E-state index contributed by atoms with van der Waals surface area (Å²) < 4.78 is 1.98. The number of pyridine rings is 1. The minimum Gasteiger partial charge on any atom is -0.477 e. The van der Waals surface area contributed by atoms with Gasteiger partial charge in [-0.05, 0) is 45.2 Å². The Morgan fingerprint density at radius 1 is 1.26 bits per heavy atom. The van der Waals surface area contributed by atoms with E-state index in [1.807, 2.05) is 11.5 Å². The fourth-order valence-electron chi connectivity index (χ4n) is 4.46. The Bertz CT molecular complexity index is 983. The van der Waals surface area contributed by atoms with Crippen LogP contribution in [-0.4, -0.2) is 40.8 Å². The van der Waals surface area contributed by atoms with Crippen molar-refractivity contribution >= 4 is 28.2 Å². The van der Waals surface area contributed by atoms with Gasteiger partial charge in [-0.2, -0.15) is 0 Å². The maximum Gasteiger partial charge on any atom is 0.341 e. The number of carboxylic acids is 1. The molecule has 1 aliphatic heterocycles. The Morgan fingerprint density at radius 2 is 1.89 bits per heavy atom. The van der Waals surface area contributed by atoms with Crippen LogP contribution in [0, 0.1) is 6.92 Å². The number of benzene rings is 1.